The minimum atomic E-state index is -0.579. The zero-order valence-electron chi connectivity index (χ0n) is 11.6. The number of aryl methyl sites for hydroxylation is 1. The van der Waals surface area contributed by atoms with E-state index in [-0.39, 0.29) is 6.04 Å². The summed E-state index contributed by atoms with van der Waals surface area (Å²) in [4.78, 5) is 24.0. The van der Waals surface area contributed by atoms with Gasteiger partial charge in [0.1, 0.15) is 0 Å². The van der Waals surface area contributed by atoms with Crippen LogP contribution in [0, 0.1) is 6.92 Å². The van der Waals surface area contributed by atoms with Gasteiger partial charge in [-0.3, -0.25) is 9.59 Å². The topological polar surface area (TPSA) is 46.2 Å². The molecule has 0 aliphatic rings. The van der Waals surface area contributed by atoms with Crippen molar-refractivity contribution in [3.05, 3.63) is 71.3 Å². The van der Waals surface area contributed by atoms with Crippen molar-refractivity contribution in [3.8, 4) is 0 Å². The van der Waals surface area contributed by atoms with Crippen LogP contribution in [0.25, 0.3) is 0 Å². The minimum Gasteiger partial charge on any atom is -0.343 e. The number of ketones is 1. The highest BCUT2D eigenvalue weighted by Crippen LogP contribution is 2.12. The molecule has 102 valence electrons. The summed E-state index contributed by atoms with van der Waals surface area (Å²) in [5.41, 5.74) is 2.44. The molecule has 3 nitrogen and oxygen atoms in total. The van der Waals surface area contributed by atoms with Gasteiger partial charge in [0.05, 0.1) is 6.04 Å². The number of hydrogen-bond donors (Lipinski definition) is 1. The molecule has 0 fully saturated rings. The average Bonchev–Trinajstić information content (AvgIpc) is 2.48. The SMILES string of the molecule is Cc1ccc(C(=O)C(=O)NC(C)c2ccccc2)cc1. The zero-order valence-corrected chi connectivity index (χ0v) is 11.6. The Bertz CT molecular complexity index is 603. The van der Waals surface area contributed by atoms with Crippen LogP contribution in [-0.2, 0) is 4.79 Å². The van der Waals surface area contributed by atoms with Crippen LogP contribution < -0.4 is 5.32 Å². The van der Waals surface area contributed by atoms with Gasteiger partial charge in [0.2, 0.25) is 5.78 Å². The maximum Gasteiger partial charge on any atom is 0.292 e. The molecule has 1 atom stereocenters. The fourth-order valence-electron chi connectivity index (χ4n) is 1.92. The number of nitrogens with one attached hydrogen (secondary N) is 1. The molecule has 0 radical (unpaired) electrons. The lowest BCUT2D eigenvalue weighted by atomic mass is 10.1. The van der Waals surface area contributed by atoms with E-state index >= 15 is 0 Å². The summed E-state index contributed by atoms with van der Waals surface area (Å²) in [6, 6.07) is 16.3. The summed E-state index contributed by atoms with van der Waals surface area (Å²) in [6.07, 6.45) is 0. The second kappa shape index (κ2) is 6.15. The molecule has 0 aliphatic carbocycles. The van der Waals surface area contributed by atoms with Crippen molar-refractivity contribution in [1.29, 1.82) is 0 Å². The van der Waals surface area contributed by atoms with E-state index in [9.17, 15) is 9.59 Å². The van der Waals surface area contributed by atoms with Gasteiger partial charge in [-0.05, 0) is 19.4 Å². The fourth-order valence-corrected chi connectivity index (χ4v) is 1.92. The number of Topliss-reactive ketones (excluding diaryl/α,β-unsaturated/α-hetero) is 1. The Balaban J connectivity index is 2.05. The van der Waals surface area contributed by atoms with Crippen molar-refractivity contribution in [2.24, 2.45) is 0 Å². The lowest BCUT2D eigenvalue weighted by molar-refractivity contribution is -0.117. The lowest BCUT2D eigenvalue weighted by Crippen LogP contribution is -2.33. The molecule has 1 amide bonds. The van der Waals surface area contributed by atoms with Crippen molar-refractivity contribution < 1.29 is 9.59 Å². The maximum absolute atomic E-state index is 12.0. The second-order valence-electron chi connectivity index (χ2n) is 4.80. The van der Waals surface area contributed by atoms with Crippen molar-refractivity contribution in [2.75, 3.05) is 0 Å². The summed E-state index contributed by atoms with van der Waals surface area (Å²) in [5.74, 6) is -1.09. The molecule has 0 aliphatic heterocycles. The Hall–Kier alpha value is -2.42. The van der Waals surface area contributed by atoms with E-state index in [0.717, 1.165) is 11.1 Å². The summed E-state index contributed by atoms with van der Waals surface area (Å²) < 4.78 is 0. The van der Waals surface area contributed by atoms with Gasteiger partial charge < -0.3 is 5.32 Å². The van der Waals surface area contributed by atoms with Crippen LogP contribution in [0.2, 0.25) is 0 Å². The third kappa shape index (κ3) is 3.32. The molecule has 2 aromatic rings. The molecule has 0 heterocycles. The van der Waals surface area contributed by atoms with Crippen LogP contribution in [0.15, 0.2) is 54.6 Å². The predicted molar refractivity (Wildman–Crippen MR) is 78.5 cm³/mol. The van der Waals surface area contributed by atoms with E-state index in [1.54, 1.807) is 12.1 Å². The van der Waals surface area contributed by atoms with Crippen LogP contribution in [0.3, 0.4) is 0 Å². The first kappa shape index (κ1) is 14.0. The number of benzene rings is 2. The van der Waals surface area contributed by atoms with Crippen molar-refractivity contribution in [1.82, 2.24) is 5.32 Å². The number of carbonyl (C=O) groups is 2. The fraction of sp³-hybridized carbons (Fsp3) is 0.176. The molecule has 0 spiro atoms. The molecule has 0 saturated carbocycles. The molecular formula is C17H17NO2. The summed E-state index contributed by atoms with van der Waals surface area (Å²) in [5, 5.41) is 2.72. The summed E-state index contributed by atoms with van der Waals surface area (Å²) in [7, 11) is 0. The molecule has 1 N–H and O–H groups in total. The molecule has 2 aromatic carbocycles. The van der Waals surface area contributed by atoms with Gasteiger partial charge >= 0.3 is 0 Å². The van der Waals surface area contributed by atoms with Crippen LogP contribution in [0.1, 0.15) is 34.5 Å². The number of rotatable bonds is 4. The monoisotopic (exact) mass is 267 g/mol. The molecule has 2 rings (SSSR count). The first-order valence-electron chi connectivity index (χ1n) is 6.54. The Morgan fingerprint density at radius 3 is 2.15 bits per heavy atom. The third-order valence-corrected chi connectivity index (χ3v) is 3.17. The van der Waals surface area contributed by atoms with Crippen molar-refractivity contribution >= 4 is 11.7 Å². The molecular weight excluding hydrogens is 250 g/mol. The quantitative estimate of drug-likeness (QED) is 0.683. The van der Waals surface area contributed by atoms with E-state index in [2.05, 4.69) is 5.32 Å². The molecule has 1 unspecified atom stereocenters. The van der Waals surface area contributed by atoms with E-state index in [4.69, 9.17) is 0 Å². The second-order valence-corrected chi connectivity index (χ2v) is 4.80. The van der Waals surface area contributed by atoms with Crippen molar-refractivity contribution in [2.45, 2.75) is 19.9 Å². The average molecular weight is 267 g/mol. The molecule has 20 heavy (non-hydrogen) atoms. The lowest BCUT2D eigenvalue weighted by Gasteiger charge is -2.13. The Labute approximate surface area is 118 Å². The van der Waals surface area contributed by atoms with Gasteiger partial charge in [0.25, 0.3) is 5.91 Å². The Kier molecular flexibility index (Phi) is 4.31. The maximum atomic E-state index is 12.0. The van der Waals surface area contributed by atoms with E-state index in [0.29, 0.717) is 5.56 Å². The highest BCUT2D eigenvalue weighted by atomic mass is 16.2. The first-order chi connectivity index (χ1) is 9.58. The summed E-state index contributed by atoms with van der Waals surface area (Å²) in [6.45, 7) is 3.79. The van der Waals surface area contributed by atoms with E-state index < -0.39 is 11.7 Å². The van der Waals surface area contributed by atoms with Gasteiger partial charge in [0.15, 0.2) is 0 Å². The molecule has 0 aromatic heterocycles. The zero-order chi connectivity index (χ0) is 14.5. The largest absolute Gasteiger partial charge is 0.343 e. The van der Waals surface area contributed by atoms with Gasteiger partial charge in [-0.2, -0.15) is 0 Å². The van der Waals surface area contributed by atoms with Gasteiger partial charge in [-0.15, -0.1) is 0 Å². The number of amides is 1. The highest BCUT2D eigenvalue weighted by molar-refractivity contribution is 6.42. The van der Waals surface area contributed by atoms with Crippen molar-refractivity contribution in [3.63, 3.8) is 0 Å². The molecule has 0 saturated heterocycles. The van der Waals surface area contributed by atoms with E-state index in [1.165, 1.54) is 0 Å². The Morgan fingerprint density at radius 1 is 0.950 bits per heavy atom. The number of carbonyl (C=O) groups excluding carboxylic acids is 2. The smallest absolute Gasteiger partial charge is 0.292 e. The van der Waals surface area contributed by atoms with Gasteiger partial charge in [-0.25, -0.2) is 0 Å². The van der Waals surface area contributed by atoms with Crippen LogP contribution in [0.4, 0.5) is 0 Å². The number of hydrogen-bond acceptors (Lipinski definition) is 2. The predicted octanol–water partition coefficient (Wildman–Crippen LogP) is 3.06. The van der Waals surface area contributed by atoms with Crippen LogP contribution in [0.5, 0.6) is 0 Å². The van der Waals surface area contributed by atoms with Crippen LogP contribution in [-0.4, -0.2) is 11.7 Å². The third-order valence-electron chi connectivity index (χ3n) is 3.17. The molecule has 0 bridgehead atoms. The summed E-state index contributed by atoms with van der Waals surface area (Å²) >= 11 is 0. The van der Waals surface area contributed by atoms with Gasteiger partial charge in [-0.1, -0.05) is 60.2 Å². The van der Waals surface area contributed by atoms with Crippen LogP contribution >= 0.6 is 0 Å². The minimum absolute atomic E-state index is 0.196. The van der Waals surface area contributed by atoms with E-state index in [1.807, 2.05) is 56.3 Å². The molecule has 3 heteroatoms. The normalized spacial score (nSPS) is 11.7. The first-order valence-corrected chi connectivity index (χ1v) is 6.54. The Morgan fingerprint density at radius 2 is 1.55 bits per heavy atom. The highest BCUT2D eigenvalue weighted by Gasteiger charge is 2.18. The standard InChI is InChI=1S/C17H17NO2/c1-12-8-10-15(11-9-12)16(19)17(20)18-13(2)14-6-4-3-5-7-14/h3-11,13H,1-2H3,(H,18,20). The van der Waals surface area contributed by atoms with Gasteiger partial charge in [0, 0.05) is 5.56 Å².